The van der Waals surface area contributed by atoms with Crippen LogP contribution in [-0.4, -0.2) is 0 Å². The van der Waals surface area contributed by atoms with E-state index in [9.17, 15) is 0 Å². The van der Waals surface area contributed by atoms with Crippen molar-refractivity contribution in [1.29, 1.82) is 0 Å². The molecule has 0 heterocycles. The van der Waals surface area contributed by atoms with Crippen molar-refractivity contribution in [3.05, 3.63) is 194 Å². The van der Waals surface area contributed by atoms with Crippen LogP contribution in [0.1, 0.15) is 0 Å². The number of fused-ring (bicyclic) bond motifs is 11. The van der Waals surface area contributed by atoms with Crippen LogP contribution >= 0.6 is 0 Å². The molecule has 0 bridgehead atoms. The molecule has 0 spiro atoms. The highest BCUT2D eigenvalue weighted by molar-refractivity contribution is 6.29. The van der Waals surface area contributed by atoms with Gasteiger partial charge in [-0.1, -0.05) is 164 Å². The largest absolute Gasteiger partial charge is 0.0616 e. The molecular weight excluding hydrogens is 625 g/mol. The van der Waals surface area contributed by atoms with E-state index in [1.54, 1.807) is 0 Å². The van der Waals surface area contributed by atoms with E-state index in [0.29, 0.717) is 0 Å². The summed E-state index contributed by atoms with van der Waals surface area (Å²) in [5.74, 6) is 0. The second-order valence-corrected chi connectivity index (χ2v) is 14.1. The first kappa shape index (κ1) is 29.0. The molecule has 0 aliphatic carbocycles. The first-order chi connectivity index (χ1) is 25.7. The van der Waals surface area contributed by atoms with Gasteiger partial charge in [-0.3, -0.25) is 0 Å². The van der Waals surface area contributed by atoms with Gasteiger partial charge >= 0.3 is 0 Å². The minimum Gasteiger partial charge on any atom is -0.0616 e. The van der Waals surface area contributed by atoms with Crippen molar-refractivity contribution in [2.75, 3.05) is 0 Å². The highest BCUT2D eigenvalue weighted by atomic mass is 14.2. The molecule has 0 saturated heterocycles. The lowest BCUT2D eigenvalue weighted by Gasteiger charge is -2.15. The highest BCUT2D eigenvalue weighted by Crippen LogP contribution is 2.42. The van der Waals surface area contributed by atoms with Gasteiger partial charge in [0.1, 0.15) is 0 Å². The van der Waals surface area contributed by atoms with E-state index in [1.165, 1.54) is 109 Å². The predicted octanol–water partition coefficient (Wildman–Crippen LogP) is 14.8. The maximum absolute atomic E-state index is 2.40. The molecule has 11 aromatic rings. The fraction of sp³-hybridized carbons (Fsp3) is 0. The maximum Gasteiger partial charge on any atom is -0.00201 e. The van der Waals surface area contributed by atoms with Crippen molar-refractivity contribution in [2.24, 2.45) is 0 Å². The van der Waals surface area contributed by atoms with Crippen molar-refractivity contribution >= 4 is 75.4 Å². The molecule has 11 aromatic carbocycles. The van der Waals surface area contributed by atoms with Crippen molar-refractivity contribution in [1.82, 2.24) is 0 Å². The molecule has 0 aromatic heterocycles. The zero-order chi connectivity index (χ0) is 34.2. The van der Waals surface area contributed by atoms with Crippen LogP contribution in [0.3, 0.4) is 0 Å². The Balaban J connectivity index is 1.01. The van der Waals surface area contributed by atoms with E-state index in [0.717, 1.165) is 0 Å². The SMILES string of the molecule is c1cc(-c2ccc3ccccc3c2)cc(-c2ccc3c(ccc4cc(-c5cc6ccc7ccc8ccccc8c7c6c6ccccc56)ccc43)c2)c1. The van der Waals surface area contributed by atoms with Crippen LogP contribution in [0.4, 0.5) is 0 Å². The molecule has 11 rings (SSSR count). The summed E-state index contributed by atoms with van der Waals surface area (Å²) in [6.45, 7) is 0. The summed E-state index contributed by atoms with van der Waals surface area (Å²) in [7, 11) is 0. The Labute approximate surface area is 301 Å². The predicted molar refractivity (Wildman–Crippen MR) is 225 cm³/mol. The Hall–Kier alpha value is -6.76. The number of hydrogen-bond acceptors (Lipinski definition) is 0. The highest BCUT2D eigenvalue weighted by Gasteiger charge is 2.14. The van der Waals surface area contributed by atoms with Crippen molar-refractivity contribution in [3.8, 4) is 33.4 Å². The average Bonchev–Trinajstić information content (AvgIpc) is 3.22. The van der Waals surface area contributed by atoms with Crippen LogP contribution < -0.4 is 0 Å². The Bertz CT molecular complexity index is 3240. The molecule has 0 nitrogen and oxygen atoms in total. The van der Waals surface area contributed by atoms with Crippen LogP contribution in [0.15, 0.2) is 194 Å². The lowest BCUT2D eigenvalue weighted by molar-refractivity contribution is 1.61. The summed E-state index contributed by atoms with van der Waals surface area (Å²) in [4.78, 5) is 0. The van der Waals surface area contributed by atoms with Gasteiger partial charge < -0.3 is 0 Å². The third-order valence-electron chi connectivity index (χ3n) is 11.2. The van der Waals surface area contributed by atoms with Crippen LogP contribution in [0, 0.1) is 0 Å². The number of benzene rings is 11. The lowest BCUT2D eigenvalue weighted by Crippen LogP contribution is -1.88. The first-order valence-corrected chi connectivity index (χ1v) is 18.1. The van der Waals surface area contributed by atoms with Gasteiger partial charge in [0.2, 0.25) is 0 Å². The van der Waals surface area contributed by atoms with Crippen LogP contribution in [-0.2, 0) is 0 Å². The topological polar surface area (TPSA) is 0 Å². The average molecular weight is 657 g/mol. The summed E-state index contributed by atoms with van der Waals surface area (Å²) >= 11 is 0. The number of rotatable bonds is 3. The van der Waals surface area contributed by atoms with Crippen LogP contribution in [0.25, 0.3) is 109 Å². The molecule has 240 valence electrons. The van der Waals surface area contributed by atoms with Gasteiger partial charge in [0, 0.05) is 0 Å². The zero-order valence-electron chi connectivity index (χ0n) is 28.5. The molecule has 0 atom stereocenters. The molecule has 0 N–H and O–H groups in total. The lowest BCUT2D eigenvalue weighted by atomic mass is 9.88. The van der Waals surface area contributed by atoms with E-state index >= 15 is 0 Å². The Morgan fingerprint density at radius 1 is 0.192 bits per heavy atom. The maximum atomic E-state index is 2.40. The van der Waals surface area contributed by atoms with E-state index in [1.807, 2.05) is 0 Å². The monoisotopic (exact) mass is 656 g/mol. The molecule has 0 amide bonds. The van der Waals surface area contributed by atoms with Crippen molar-refractivity contribution in [3.63, 3.8) is 0 Å². The number of hydrogen-bond donors (Lipinski definition) is 0. The molecule has 0 unspecified atom stereocenters. The minimum absolute atomic E-state index is 1.23. The van der Waals surface area contributed by atoms with Gasteiger partial charge in [-0.2, -0.15) is 0 Å². The molecule has 0 heteroatoms. The second kappa shape index (κ2) is 11.4. The van der Waals surface area contributed by atoms with Gasteiger partial charge in [-0.15, -0.1) is 0 Å². The van der Waals surface area contributed by atoms with Gasteiger partial charge in [-0.25, -0.2) is 0 Å². The third kappa shape index (κ3) is 4.55. The molecule has 52 heavy (non-hydrogen) atoms. The quantitative estimate of drug-likeness (QED) is 0.166. The standard InChI is InChI=1S/C52H32/c1-2-10-36-28-39(20-16-33(36)8-1)37-11-7-12-38(29-37)40-24-26-45-41(30-40)21-22-42-31-43(25-27-46(42)45)50-32-44-23-19-35-18-17-34-9-3-4-13-47(34)51(35)52(44)49-15-6-5-14-48(49)50/h1-32H. The molecule has 0 aliphatic heterocycles. The molecule has 0 aliphatic rings. The van der Waals surface area contributed by atoms with E-state index in [2.05, 4.69) is 194 Å². The van der Waals surface area contributed by atoms with Crippen molar-refractivity contribution in [2.45, 2.75) is 0 Å². The fourth-order valence-corrected chi connectivity index (χ4v) is 8.60. The zero-order valence-corrected chi connectivity index (χ0v) is 28.5. The minimum atomic E-state index is 1.23. The Morgan fingerprint density at radius 3 is 1.44 bits per heavy atom. The summed E-state index contributed by atoms with van der Waals surface area (Å²) in [6.07, 6.45) is 0. The Kier molecular flexibility index (Phi) is 6.35. The third-order valence-corrected chi connectivity index (χ3v) is 11.2. The molecule has 0 fully saturated rings. The van der Waals surface area contributed by atoms with Crippen LogP contribution in [0.5, 0.6) is 0 Å². The van der Waals surface area contributed by atoms with Gasteiger partial charge in [-0.05, 0) is 139 Å². The smallest absolute Gasteiger partial charge is 0.00201 e. The second-order valence-electron chi connectivity index (χ2n) is 14.1. The Morgan fingerprint density at radius 2 is 0.673 bits per heavy atom. The molecule has 0 radical (unpaired) electrons. The summed E-state index contributed by atoms with van der Waals surface area (Å²) in [5, 5.41) is 18.0. The van der Waals surface area contributed by atoms with Gasteiger partial charge in [0.15, 0.2) is 0 Å². The fourth-order valence-electron chi connectivity index (χ4n) is 8.60. The van der Waals surface area contributed by atoms with Crippen molar-refractivity contribution < 1.29 is 0 Å². The molecule has 0 saturated carbocycles. The van der Waals surface area contributed by atoms with Gasteiger partial charge in [0.25, 0.3) is 0 Å². The van der Waals surface area contributed by atoms with E-state index < -0.39 is 0 Å². The van der Waals surface area contributed by atoms with E-state index in [4.69, 9.17) is 0 Å². The summed E-state index contributed by atoms with van der Waals surface area (Å²) < 4.78 is 0. The normalized spacial score (nSPS) is 11.8. The summed E-state index contributed by atoms with van der Waals surface area (Å²) in [6, 6.07) is 71.9. The van der Waals surface area contributed by atoms with E-state index in [-0.39, 0.29) is 0 Å². The summed E-state index contributed by atoms with van der Waals surface area (Å²) in [5.41, 5.74) is 7.44. The van der Waals surface area contributed by atoms with Gasteiger partial charge in [0.05, 0.1) is 0 Å². The van der Waals surface area contributed by atoms with Crippen LogP contribution in [0.2, 0.25) is 0 Å². The first-order valence-electron chi connectivity index (χ1n) is 18.1. The molecular formula is C52H32.